The van der Waals surface area contributed by atoms with Gasteiger partial charge >= 0.3 is 17.9 Å². The van der Waals surface area contributed by atoms with Gasteiger partial charge in [-0.25, -0.2) is 0 Å². The summed E-state index contributed by atoms with van der Waals surface area (Å²) in [5.41, 5.74) is 0. The van der Waals surface area contributed by atoms with Crippen molar-refractivity contribution in [3.05, 3.63) is 24.3 Å². The van der Waals surface area contributed by atoms with E-state index in [-0.39, 0.29) is 31.1 Å². The van der Waals surface area contributed by atoms with Crippen LogP contribution in [0, 0.1) is 0 Å². The van der Waals surface area contributed by atoms with Gasteiger partial charge in [0.15, 0.2) is 6.10 Å². The highest BCUT2D eigenvalue weighted by Gasteiger charge is 2.19. The average molecular weight is 1110 g/mol. The third-order valence-electron chi connectivity index (χ3n) is 16.4. The molecule has 6 heteroatoms. The van der Waals surface area contributed by atoms with Crippen molar-refractivity contribution in [2.45, 2.75) is 412 Å². The van der Waals surface area contributed by atoms with E-state index in [2.05, 4.69) is 45.1 Å². The Morgan fingerprint density at radius 1 is 0.241 bits per heavy atom. The van der Waals surface area contributed by atoms with Gasteiger partial charge in [-0.3, -0.25) is 14.4 Å². The number of hydrogen-bond donors (Lipinski definition) is 0. The first-order chi connectivity index (χ1) is 39.0. The Balaban J connectivity index is 4.29. The number of hydrogen-bond acceptors (Lipinski definition) is 6. The van der Waals surface area contributed by atoms with Crippen molar-refractivity contribution in [2.75, 3.05) is 13.2 Å². The molecule has 0 aliphatic carbocycles. The highest BCUT2D eigenvalue weighted by Crippen LogP contribution is 2.19. The number of allylic oxidation sites excluding steroid dienone is 4. The minimum absolute atomic E-state index is 0.0662. The van der Waals surface area contributed by atoms with Crippen LogP contribution in [-0.4, -0.2) is 37.2 Å². The Labute approximate surface area is 493 Å². The molecule has 0 aliphatic heterocycles. The lowest BCUT2D eigenvalue weighted by Crippen LogP contribution is -2.30. The first kappa shape index (κ1) is 76.9. The van der Waals surface area contributed by atoms with Crippen molar-refractivity contribution >= 4 is 17.9 Å². The first-order valence-electron chi connectivity index (χ1n) is 35.8. The number of unbranched alkanes of at least 4 members (excludes halogenated alkanes) is 52. The van der Waals surface area contributed by atoms with Crippen LogP contribution in [0.1, 0.15) is 406 Å². The third-order valence-corrected chi connectivity index (χ3v) is 16.4. The van der Waals surface area contributed by atoms with Crippen molar-refractivity contribution in [2.24, 2.45) is 0 Å². The van der Waals surface area contributed by atoms with Gasteiger partial charge in [0.2, 0.25) is 0 Å². The van der Waals surface area contributed by atoms with Crippen LogP contribution >= 0.6 is 0 Å². The monoisotopic (exact) mass is 1110 g/mol. The van der Waals surface area contributed by atoms with Gasteiger partial charge in [-0.15, -0.1) is 0 Å². The van der Waals surface area contributed by atoms with Gasteiger partial charge in [-0.1, -0.05) is 340 Å². The second kappa shape index (κ2) is 68.4. The number of rotatable bonds is 67. The fourth-order valence-electron chi connectivity index (χ4n) is 11.0. The van der Waals surface area contributed by atoms with Crippen LogP contribution in [0.2, 0.25) is 0 Å². The molecule has 0 N–H and O–H groups in total. The largest absolute Gasteiger partial charge is 0.462 e. The zero-order chi connectivity index (χ0) is 57.1. The Morgan fingerprint density at radius 2 is 0.418 bits per heavy atom. The second-order valence-electron chi connectivity index (χ2n) is 24.5. The Bertz CT molecular complexity index is 1270. The van der Waals surface area contributed by atoms with Crippen molar-refractivity contribution in [1.82, 2.24) is 0 Å². The van der Waals surface area contributed by atoms with Crippen LogP contribution in [0.15, 0.2) is 24.3 Å². The van der Waals surface area contributed by atoms with E-state index in [0.29, 0.717) is 19.3 Å². The minimum Gasteiger partial charge on any atom is -0.462 e. The van der Waals surface area contributed by atoms with E-state index in [0.717, 1.165) is 57.8 Å². The van der Waals surface area contributed by atoms with E-state index >= 15 is 0 Å². The van der Waals surface area contributed by atoms with E-state index in [9.17, 15) is 14.4 Å². The van der Waals surface area contributed by atoms with Crippen LogP contribution in [0.3, 0.4) is 0 Å². The molecule has 1 unspecified atom stereocenters. The summed E-state index contributed by atoms with van der Waals surface area (Å²) < 4.78 is 17.0. The van der Waals surface area contributed by atoms with E-state index in [1.807, 2.05) is 0 Å². The van der Waals surface area contributed by atoms with Crippen molar-refractivity contribution in [3.8, 4) is 0 Å². The van der Waals surface area contributed by atoms with Crippen molar-refractivity contribution in [1.29, 1.82) is 0 Å². The van der Waals surface area contributed by atoms with Crippen LogP contribution in [0.25, 0.3) is 0 Å². The lowest BCUT2D eigenvalue weighted by molar-refractivity contribution is -0.167. The molecule has 79 heavy (non-hydrogen) atoms. The summed E-state index contributed by atoms with van der Waals surface area (Å²) in [6.45, 7) is 6.72. The minimum atomic E-state index is -0.771. The zero-order valence-corrected chi connectivity index (χ0v) is 53.7. The standard InChI is InChI=1S/C73H138O6/c1-4-7-10-13-16-19-22-25-28-31-34-35-36-37-40-42-45-48-51-54-57-60-63-66-72(75)78-69-70(79-73(76)67-64-61-58-55-52-49-46-43-39-33-30-27-24-21-18-15-12-9-6-3)68-77-71(74)65-62-59-56-53-50-47-44-41-38-32-29-26-23-20-17-14-11-8-5-2/h27,30-31,34,70H,4-26,28-29,32-33,35-69H2,1-3H3/b30-27-,34-31-. The summed E-state index contributed by atoms with van der Waals surface area (Å²) in [7, 11) is 0. The number of esters is 3. The van der Waals surface area contributed by atoms with Gasteiger partial charge in [0.25, 0.3) is 0 Å². The van der Waals surface area contributed by atoms with Gasteiger partial charge in [-0.2, -0.15) is 0 Å². The number of carbonyl (C=O) groups is 3. The predicted molar refractivity (Wildman–Crippen MR) is 344 cm³/mol. The lowest BCUT2D eigenvalue weighted by atomic mass is 10.0. The molecule has 6 nitrogen and oxygen atoms in total. The summed E-state index contributed by atoms with van der Waals surface area (Å²) in [6, 6.07) is 0. The van der Waals surface area contributed by atoms with E-state index < -0.39 is 6.10 Å². The van der Waals surface area contributed by atoms with E-state index in [1.165, 1.54) is 308 Å². The van der Waals surface area contributed by atoms with Gasteiger partial charge in [0.05, 0.1) is 0 Å². The highest BCUT2D eigenvalue weighted by molar-refractivity contribution is 5.71. The molecular formula is C73H138O6. The molecule has 0 spiro atoms. The van der Waals surface area contributed by atoms with Gasteiger partial charge in [0.1, 0.15) is 13.2 Å². The normalized spacial score (nSPS) is 12.1. The molecule has 0 aromatic rings. The maximum atomic E-state index is 13.0. The van der Waals surface area contributed by atoms with Gasteiger partial charge in [0, 0.05) is 19.3 Å². The zero-order valence-electron chi connectivity index (χ0n) is 53.7. The second-order valence-corrected chi connectivity index (χ2v) is 24.5. The quantitative estimate of drug-likeness (QED) is 0.0261. The summed E-state index contributed by atoms with van der Waals surface area (Å²) in [6.07, 6.45) is 83.4. The molecule has 0 bridgehead atoms. The fourth-order valence-corrected chi connectivity index (χ4v) is 11.0. The Kier molecular flexibility index (Phi) is 66.6. The molecule has 0 aromatic carbocycles. The van der Waals surface area contributed by atoms with Crippen molar-refractivity contribution < 1.29 is 28.6 Å². The van der Waals surface area contributed by atoms with Gasteiger partial charge in [-0.05, 0) is 70.6 Å². The molecule has 466 valence electrons. The summed E-state index contributed by atoms with van der Waals surface area (Å²) in [5, 5.41) is 0. The molecule has 1 atom stereocenters. The average Bonchev–Trinajstić information content (AvgIpc) is 3.45. The molecule has 0 radical (unpaired) electrons. The SMILES string of the molecule is CCCCCCCC/C=C\CCCCCCCCCCCC(=O)OC(COC(=O)CCCCCCCCCCCCC/C=C\CCCCCCCCCC)COC(=O)CCCCCCCCCCCCCCCCCCCCC. The van der Waals surface area contributed by atoms with Crippen LogP contribution in [0.5, 0.6) is 0 Å². The summed E-state index contributed by atoms with van der Waals surface area (Å²) in [5.74, 6) is -0.835. The Hall–Kier alpha value is -2.11. The topological polar surface area (TPSA) is 78.9 Å². The molecule has 0 aliphatic rings. The number of carbonyl (C=O) groups excluding carboxylic acids is 3. The molecule has 0 aromatic heterocycles. The maximum absolute atomic E-state index is 13.0. The highest BCUT2D eigenvalue weighted by atomic mass is 16.6. The van der Waals surface area contributed by atoms with E-state index in [4.69, 9.17) is 14.2 Å². The molecule has 0 saturated heterocycles. The van der Waals surface area contributed by atoms with Crippen LogP contribution < -0.4 is 0 Å². The maximum Gasteiger partial charge on any atom is 0.306 e. The molecule has 0 heterocycles. The van der Waals surface area contributed by atoms with Gasteiger partial charge < -0.3 is 14.2 Å². The summed E-state index contributed by atoms with van der Waals surface area (Å²) >= 11 is 0. The van der Waals surface area contributed by atoms with Crippen LogP contribution in [-0.2, 0) is 28.6 Å². The smallest absolute Gasteiger partial charge is 0.306 e. The van der Waals surface area contributed by atoms with Crippen LogP contribution in [0.4, 0.5) is 0 Å². The summed E-state index contributed by atoms with van der Waals surface area (Å²) in [4.78, 5) is 38.5. The molecule has 0 amide bonds. The fraction of sp³-hybridized carbons (Fsp3) is 0.904. The predicted octanol–water partition coefficient (Wildman–Crippen LogP) is 24.6. The number of ether oxygens (including phenoxy) is 3. The molecule has 0 fully saturated rings. The third kappa shape index (κ3) is 66.6. The molecule has 0 saturated carbocycles. The Morgan fingerprint density at radius 3 is 0.633 bits per heavy atom. The van der Waals surface area contributed by atoms with Crippen molar-refractivity contribution in [3.63, 3.8) is 0 Å². The first-order valence-corrected chi connectivity index (χ1v) is 35.8. The van der Waals surface area contributed by atoms with E-state index in [1.54, 1.807) is 0 Å². The molecule has 0 rings (SSSR count). The lowest BCUT2D eigenvalue weighted by Gasteiger charge is -2.18. The molecular weight excluding hydrogens is 973 g/mol.